The Morgan fingerprint density at radius 3 is 2.65 bits per heavy atom. The van der Waals surface area contributed by atoms with Gasteiger partial charge >= 0.3 is 7.12 Å². The van der Waals surface area contributed by atoms with Gasteiger partial charge in [-0.2, -0.15) is 0 Å². The first-order valence-electron chi connectivity index (χ1n) is 7.49. The zero-order valence-electron chi connectivity index (χ0n) is 13.0. The molecule has 6 heteroatoms. The van der Waals surface area contributed by atoms with Crippen molar-refractivity contribution >= 4 is 24.2 Å². The van der Waals surface area contributed by atoms with E-state index < -0.39 is 18.8 Å². The highest BCUT2D eigenvalue weighted by Gasteiger charge is 2.30. The van der Waals surface area contributed by atoms with Gasteiger partial charge in [-0.3, -0.25) is 4.79 Å². The van der Waals surface area contributed by atoms with Gasteiger partial charge in [-0.1, -0.05) is 26.0 Å². The number of carbonyl (C=O) groups excluding carboxylic acids is 1. The quantitative estimate of drug-likeness (QED) is 0.856. The molecule has 1 heterocycles. The lowest BCUT2D eigenvalue weighted by atomic mass is 9.78. The van der Waals surface area contributed by atoms with Crippen LogP contribution in [0, 0.1) is 5.82 Å². The molecule has 1 aliphatic rings. The number of hydrogen-bond acceptors (Lipinski definition) is 3. The van der Waals surface area contributed by atoms with Crippen molar-refractivity contribution < 1.29 is 18.9 Å². The van der Waals surface area contributed by atoms with Gasteiger partial charge in [0.1, 0.15) is 5.82 Å². The monoisotopic (exact) mass is 313 g/mol. The van der Waals surface area contributed by atoms with E-state index in [0.29, 0.717) is 22.6 Å². The van der Waals surface area contributed by atoms with Crippen molar-refractivity contribution in [2.75, 3.05) is 5.32 Å². The molecule has 0 saturated carbocycles. The average molecular weight is 313 g/mol. The highest BCUT2D eigenvalue weighted by Crippen LogP contribution is 2.19. The Kier molecular flexibility index (Phi) is 4.19. The van der Waals surface area contributed by atoms with Crippen molar-refractivity contribution in [2.24, 2.45) is 0 Å². The minimum absolute atomic E-state index is 0.110. The molecule has 2 aromatic rings. The molecule has 23 heavy (non-hydrogen) atoms. The molecule has 0 fully saturated rings. The number of hydrogen-bond donors (Lipinski definition) is 2. The highest BCUT2D eigenvalue weighted by atomic mass is 19.1. The van der Waals surface area contributed by atoms with Gasteiger partial charge in [0.05, 0.1) is 12.2 Å². The summed E-state index contributed by atoms with van der Waals surface area (Å²) in [6.07, 6.45) is 0. The molecular formula is C17H17BFNO3. The predicted octanol–water partition coefficient (Wildman–Crippen LogP) is 2.42. The lowest BCUT2D eigenvalue weighted by Gasteiger charge is -2.10. The fourth-order valence-electron chi connectivity index (χ4n) is 2.57. The molecule has 0 atom stereocenters. The Balaban J connectivity index is 1.82. The summed E-state index contributed by atoms with van der Waals surface area (Å²) in [7, 11) is -1.11. The number of rotatable bonds is 3. The lowest BCUT2D eigenvalue weighted by molar-refractivity contribution is 0.102. The normalized spacial score (nSPS) is 13.3. The molecule has 118 valence electrons. The van der Waals surface area contributed by atoms with Gasteiger partial charge in [-0.05, 0) is 46.8 Å². The molecular weight excluding hydrogens is 296 g/mol. The summed E-state index contributed by atoms with van der Waals surface area (Å²) in [4.78, 5) is 12.3. The van der Waals surface area contributed by atoms with Crippen molar-refractivity contribution in [3.05, 3.63) is 58.9 Å². The largest absolute Gasteiger partial charge is 0.491 e. The molecule has 4 nitrogen and oxygen atoms in total. The van der Waals surface area contributed by atoms with Crippen molar-refractivity contribution in [2.45, 2.75) is 26.4 Å². The lowest BCUT2D eigenvalue weighted by Crippen LogP contribution is -2.30. The summed E-state index contributed by atoms with van der Waals surface area (Å²) in [6, 6.07) is 10.0. The first kappa shape index (κ1) is 15.7. The Labute approximate surface area is 134 Å². The molecule has 1 aliphatic heterocycles. The minimum Gasteiger partial charge on any atom is -0.423 e. The second-order valence-corrected chi connectivity index (χ2v) is 5.93. The number of fused-ring (bicyclic) bond motifs is 1. The molecule has 0 bridgehead atoms. The maximum atomic E-state index is 14.1. The van der Waals surface area contributed by atoms with Crippen LogP contribution in [-0.4, -0.2) is 18.0 Å². The number of benzene rings is 2. The third-order valence-electron chi connectivity index (χ3n) is 3.97. The van der Waals surface area contributed by atoms with Gasteiger partial charge < -0.3 is 15.0 Å². The van der Waals surface area contributed by atoms with Gasteiger partial charge in [0, 0.05) is 5.69 Å². The molecule has 2 N–H and O–H groups in total. The van der Waals surface area contributed by atoms with E-state index in [9.17, 15) is 14.2 Å². The highest BCUT2D eigenvalue weighted by molar-refractivity contribution is 6.61. The fraction of sp³-hybridized carbons (Fsp3) is 0.235. The van der Waals surface area contributed by atoms with Crippen LogP contribution in [0.3, 0.4) is 0 Å². The van der Waals surface area contributed by atoms with E-state index in [1.54, 1.807) is 12.1 Å². The minimum atomic E-state index is -1.11. The Bertz CT molecular complexity index is 746. The van der Waals surface area contributed by atoms with Crippen LogP contribution >= 0.6 is 0 Å². The zero-order chi connectivity index (χ0) is 16.6. The van der Waals surface area contributed by atoms with Gasteiger partial charge in [0.15, 0.2) is 0 Å². The predicted molar refractivity (Wildman–Crippen MR) is 87.3 cm³/mol. The average Bonchev–Trinajstić information content (AvgIpc) is 2.87. The number of anilines is 1. The van der Waals surface area contributed by atoms with Crippen LogP contribution < -0.4 is 10.8 Å². The molecule has 2 aromatic carbocycles. The van der Waals surface area contributed by atoms with Crippen molar-refractivity contribution in [1.29, 1.82) is 0 Å². The standard InChI is InChI=1S/C17H17BFNO3/c1-10(2)11-3-5-13(6-4-11)20-17(21)14-8-15-12(7-16(14)19)9-23-18(15)22/h3-8,10,22H,9H2,1-2H3,(H,20,21). The number of nitrogens with one attached hydrogen (secondary N) is 1. The summed E-state index contributed by atoms with van der Waals surface area (Å²) in [6.45, 7) is 4.31. The fourth-order valence-corrected chi connectivity index (χ4v) is 2.57. The first-order valence-corrected chi connectivity index (χ1v) is 7.49. The Morgan fingerprint density at radius 2 is 2.00 bits per heavy atom. The van der Waals surface area contributed by atoms with Gasteiger partial charge in [-0.15, -0.1) is 0 Å². The second-order valence-electron chi connectivity index (χ2n) is 5.93. The molecule has 0 saturated heterocycles. The topological polar surface area (TPSA) is 58.6 Å². The van der Waals surface area contributed by atoms with Crippen LogP contribution in [-0.2, 0) is 11.3 Å². The van der Waals surface area contributed by atoms with Gasteiger partial charge in [0.2, 0.25) is 0 Å². The van der Waals surface area contributed by atoms with Crippen molar-refractivity contribution in [3.63, 3.8) is 0 Å². The Morgan fingerprint density at radius 1 is 1.30 bits per heavy atom. The van der Waals surface area contributed by atoms with E-state index in [4.69, 9.17) is 4.65 Å². The summed E-state index contributed by atoms with van der Waals surface area (Å²) >= 11 is 0. The SMILES string of the molecule is CC(C)c1ccc(NC(=O)c2cc3c(cc2F)COB3O)cc1. The molecule has 0 unspecified atom stereocenters. The number of halogens is 1. The van der Waals surface area contributed by atoms with E-state index in [1.807, 2.05) is 12.1 Å². The number of amides is 1. The van der Waals surface area contributed by atoms with E-state index in [1.165, 1.54) is 12.1 Å². The zero-order valence-corrected chi connectivity index (χ0v) is 13.0. The maximum absolute atomic E-state index is 14.1. The summed E-state index contributed by atoms with van der Waals surface area (Å²) in [5.41, 5.74) is 2.64. The molecule has 0 aliphatic carbocycles. The van der Waals surface area contributed by atoms with Crippen LogP contribution in [0.2, 0.25) is 0 Å². The van der Waals surface area contributed by atoms with Crippen LogP contribution in [0.15, 0.2) is 36.4 Å². The van der Waals surface area contributed by atoms with Gasteiger partial charge in [-0.25, -0.2) is 4.39 Å². The van der Waals surface area contributed by atoms with Crippen LogP contribution in [0.25, 0.3) is 0 Å². The van der Waals surface area contributed by atoms with E-state index in [-0.39, 0.29) is 12.2 Å². The maximum Gasteiger partial charge on any atom is 0.491 e. The van der Waals surface area contributed by atoms with Crippen molar-refractivity contribution in [3.8, 4) is 0 Å². The first-order chi connectivity index (χ1) is 11.0. The van der Waals surface area contributed by atoms with E-state index in [0.717, 1.165) is 5.56 Å². The van der Waals surface area contributed by atoms with Crippen LogP contribution in [0.1, 0.15) is 41.3 Å². The molecule has 3 rings (SSSR count). The summed E-state index contributed by atoms with van der Waals surface area (Å²) in [5, 5.41) is 12.3. The smallest absolute Gasteiger partial charge is 0.423 e. The Hall–Kier alpha value is -2.18. The van der Waals surface area contributed by atoms with Crippen molar-refractivity contribution in [1.82, 2.24) is 0 Å². The van der Waals surface area contributed by atoms with Gasteiger partial charge in [0.25, 0.3) is 5.91 Å². The third kappa shape index (κ3) is 3.13. The molecule has 0 spiro atoms. The summed E-state index contributed by atoms with van der Waals surface area (Å²) < 4.78 is 19.1. The van der Waals surface area contributed by atoms with E-state index in [2.05, 4.69) is 19.2 Å². The second kappa shape index (κ2) is 6.14. The van der Waals surface area contributed by atoms with Crippen LogP contribution in [0.5, 0.6) is 0 Å². The molecule has 1 amide bonds. The molecule has 0 aromatic heterocycles. The molecule has 0 radical (unpaired) electrons. The van der Waals surface area contributed by atoms with E-state index >= 15 is 0 Å². The third-order valence-corrected chi connectivity index (χ3v) is 3.97. The van der Waals surface area contributed by atoms with Crippen LogP contribution in [0.4, 0.5) is 10.1 Å². The number of carbonyl (C=O) groups is 1. The summed E-state index contributed by atoms with van der Waals surface area (Å²) in [5.74, 6) is -0.783.